The van der Waals surface area contributed by atoms with Crippen LogP contribution in [-0.4, -0.2) is 32.5 Å². The van der Waals surface area contributed by atoms with E-state index in [1.807, 2.05) is 11.7 Å². The van der Waals surface area contributed by atoms with Crippen molar-refractivity contribution in [2.24, 2.45) is 13.0 Å². The lowest BCUT2D eigenvalue weighted by Gasteiger charge is -2.10. The molecule has 0 aliphatic rings. The topological polar surface area (TPSA) is 44.9 Å². The van der Waals surface area contributed by atoms with Gasteiger partial charge in [0.15, 0.2) is 5.65 Å². The molecule has 0 aliphatic heterocycles. The van der Waals surface area contributed by atoms with E-state index in [4.69, 9.17) is 16.3 Å². The van der Waals surface area contributed by atoms with E-state index in [9.17, 15) is 0 Å². The second-order valence-electron chi connectivity index (χ2n) is 5.77. The molecule has 6 heteroatoms. The molecule has 0 N–H and O–H groups in total. The number of fused-ring (bicyclic) bond motifs is 1. The average molecular weight is 313 g/mol. The molecule has 21 heavy (non-hydrogen) atoms. The third-order valence-corrected chi connectivity index (χ3v) is 3.63. The summed E-state index contributed by atoms with van der Waals surface area (Å²) in [6, 6.07) is 0. The summed E-state index contributed by atoms with van der Waals surface area (Å²) >= 11 is 6.05. The van der Waals surface area contributed by atoms with Crippen LogP contribution in [0.4, 0.5) is 0 Å². The lowest BCUT2D eigenvalue weighted by Crippen LogP contribution is -2.13. The molecule has 2 heterocycles. The molecule has 0 atom stereocenters. The number of rotatable bonds is 8. The second-order valence-corrected chi connectivity index (χ2v) is 6.04. The van der Waals surface area contributed by atoms with Crippen molar-refractivity contribution in [1.29, 1.82) is 0 Å². The molecule has 118 valence electrons. The van der Waals surface area contributed by atoms with E-state index in [0.29, 0.717) is 18.4 Å². The molecule has 0 aromatic carbocycles. The van der Waals surface area contributed by atoms with Crippen LogP contribution in [-0.2, 0) is 30.6 Å². The van der Waals surface area contributed by atoms with E-state index in [1.165, 1.54) is 0 Å². The van der Waals surface area contributed by atoms with Crippen LogP contribution in [0.15, 0.2) is 0 Å². The highest BCUT2D eigenvalue weighted by Gasteiger charge is 2.18. The fraction of sp³-hybridized carbons (Fsp3) is 0.733. The third-order valence-electron chi connectivity index (χ3n) is 3.39. The molecule has 0 bridgehead atoms. The lowest BCUT2D eigenvalue weighted by atomic mass is 10.2. The van der Waals surface area contributed by atoms with E-state index < -0.39 is 0 Å². The van der Waals surface area contributed by atoms with Crippen LogP contribution in [0.3, 0.4) is 0 Å². The van der Waals surface area contributed by atoms with Crippen molar-refractivity contribution in [1.82, 2.24) is 19.3 Å². The summed E-state index contributed by atoms with van der Waals surface area (Å²) in [6.07, 6.45) is 2.01. The number of nitrogens with zero attached hydrogens (tertiary/aromatic N) is 4. The summed E-state index contributed by atoms with van der Waals surface area (Å²) in [6.45, 7) is 8.66. The largest absolute Gasteiger partial charge is 0.379 e. The Labute approximate surface area is 131 Å². The summed E-state index contributed by atoms with van der Waals surface area (Å²) in [7, 11) is 1.96. The first-order chi connectivity index (χ1) is 10.1. The molecule has 5 nitrogen and oxygen atoms in total. The Morgan fingerprint density at radius 2 is 2.10 bits per heavy atom. The molecular weight excluding hydrogens is 288 g/mol. The quantitative estimate of drug-likeness (QED) is 0.555. The maximum atomic E-state index is 6.05. The Hall–Kier alpha value is -1.07. The molecule has 0 unspecified atom stereocenters. The van der Waals surface area contributed by atoms with Gasteiger partial charge in [0.05, 0.1) is 18.2 Å². The van der Waals surface area contributed by atoms with Crippen LogP contribution in [0.25, 0.3) is 11.2 Å². The molecule has 0 radical (unpaired) electrons. The molecule has 0 saturated heterocycles. The van der Waals surface area contributed by atoms with Gasteiger partial charge in [0.25, 0.3) is 0 Å². The zero-order valence-corrected chi connectivity index (χ0v) is 14.2. The number of halogens is 1. The molecular formula is C15H25ClN4O. The molecule has 0 saturated carbocycles. The lowest BCUT2D eigenvalue weighted by molar-refractivity contribution is 0.103. The summed E-state index contributed by atoms with van der Waals surface area (Å²) in [5.74, 6) is 1.85. The van der Waals surface area contributed by atoms with Crippen molar-refractivity contribution in [2.75, 3.05) is 13.2 Å². The van der Waals surface area contributed by atoms with E-state index in [0.717, 1.165) is 48.7 Å². The van der Waals surface area contributed by atoms with Crippen LogP contribution >= 0.6 is 11.6 Å². The number of ether oxygens (including phenoxy) is 1. The van der Waals surface area contributed by atoms with Crippen LogP contribution < -0.4 is 0 Å². The molecule has 0 spiro atoms. The van der Waals surface area contributed by atoms with Crippen molar-refractivity contribution < 1.29 is 4.74 Å². The van der Waals surface area contributed by atoms with Gasteiger partial charge >= 0.3 is 0 Å². The Morgan fingerprint density at radius 3 is 2.71 bits per heavy atom. The standard InChI is InChI=1S/C15H25ClN4O/c1-5-6-12-14-15(19(4)18-12)20(13(9-16)17-14)7-8-21-10-11(2)3/h11H,5-10H2,1-4H3. The number of alkyl halides is 1. The zero-order chi connectivity index (χ0) is 15.4. The summed E-state index contributed by atoms with van der Waals surface area (Å²) in [4.78, 5) is 4.68. The van der Waals surface area contributed by atoms with Gasteiger partial charge in [0.1, 0.15) is 11.3 Å². The number of hydrogen-bond acceptors (Lipinski definition) is 3. The molecule has 2 aromatic heterocycles. The fourth-order valence-corrected chi connectivity index (χ4v) is 2.71. The van der Waals surface area contributed by atoms with Crippen molar-refractivity contribution in [3.05, 3.63) is 11.5 Å². The minimum absolute atomic E-state index is 0.407. The van der Waals surface area contributed by atoms with Crippen LogP contribution in [0.1, 0.15) is 38.7 Å². The van der Waals surface area contributed by atoms with Crippen LogP contribution in [0, 0.1) is 5.92 Å². The van der Waals surface area contributed by atoms with Gasteiger partial charge in [-0.3, -0.25) is 4.68 Å². The Bertz CT molecular complexity index is 588. The monoisotopic (exact) mass is 312 g/mol. The predicted molar refractivity (Wildman–Crippen MR) is 85.7 cm³/mol. The number of aromatic nitrogens is 4. The van der Waals surface area contributed by atoms with Gasteiger partial charge in [-0.25, -0.2) is 4.98 Å². The van der Waals surface area contributed by atoms with E-state index in [-0.39, 0.29) is 0 Å². The average Bonchev–Trinajstić information content (AvgIpc) is 2.94. The summed E-state index contributed by atoms with van der Waals surface area (Å²) in [5.41, 5.74) is 3.09. The number of hydrogen-bond donors (Lipinski definition) is 0. The normalized spacial score (nSPS) is 11.9. The van der Waals surface area contributed by atoms with Gasteiger partial charge in [-0.1, -0.05) is 27.2 Å². The fourth-order valence-electron chi connectivity index (χ4n) is 2.50. The molecule has 2 aromatic rings. The van der Waals surface area contributed by atoms with Gasteiger partial charge < -0.3 is 9.30 Å². The molecule has 0 amide bonds. The van der Waals surface area contributed by atoms with Gasteiger partial charge in [0.2, 0.25) is 0 Å². The SMILES string of the molecule is CCCc1nn(C)c2c1nc(CCl)n2CCOCC(C)C. The molecule has 0 fully saturated rings. The Kier molecular flexibility index (Phi) is 5.65. The van der Waals surface area contributed by atoms with Gasteiger partial charge in [-0.05, 0) is 12.3 Å². The smallest absolute Gasteiger partial charge is 0.158 e. The summed E-state index contributed by atoms with van der Waals surface area (Å²) < 4.78 is 9.73. The Morgan fingerprint density at radius 1 is 1.33 bits per heavy atom. The molecule has 0 aliphatic carbocycles. The first-order valence-electron chi connectivity index (χ1n) is 7.63. The highest BCUT2D eigenvalue weighted by molar-refractivity contribution is 6.16. The van der Waals surface area contributed by atoms with Crippen molar-refractivity contribution in [2.45, 2.75) is 46.0 Å². The summed E-state index contributed by atoms with van der Waals surface area (Å²) in [5, 5.41) is 4.58. The Balaban J connectivity index is 2.24. The first kappa shape index (κ1) is 16.3. The van der Waals surface area contributed by atoms with Gasteiger partial charge in [-0.2, -0.15) is 5.10 Å². The maximum Gasteiger partial charge on any atom is 0.158 e. The predicted octanol–water partition coefficient (Wildman–Crippen LogP) is 3.13. The van der Waals surface area contributed by atoms with Gasteiger partial charge in [-0.15, -0.1) is 11.6 Å². The zero-order valence-electron chi connectivity index (χ0n) is 13.4. The van der Waals surface area contributed by atoms with Crippen LogP contribution in [0.5, 0.6) is 0 Å². The van der Waals surface area contributed by atoms with Crippen LogP contribution in [0.2, 0.25) is 0 Å². The minimum atomic E-state index is 0.407. The van der Waals surface area contributed by atoms with E-state index >= 15 is 0 Å². The number of imidazole rings is 1. The van der Waals surface area contributed by atoms with Crippen molar-refractivity contribution >= 4 is 22.8 Å². The minimum Gasteiger partial charge on any atom is -0.379 e. The maximum absolute atomic E-state index is 6.05. The third kappa shape index (κ3) is 3.58. The van der Waals surface area contributed by atoms with Gasteiger partial charge in [0, 0.05) is 20.2 Å². The second kappa shape index (κ2) is 7.27. The highest BCUT2D eigenvalue weighted by Crippen LogP contribution is 2.21. The number of aryl methyl sites for hydroxylation is 2. The molecule has 2 rings (SSSR count). The van der Waals surface area contributed by atoms with Crippen molar-refractivity contribution in [3.63, 3.8) is 0 Å². The van der Waals surface area contributed by atoms with E-state index in [2.05, 4.69) is 35.4 Å². The highest BCUT2D eigenvalue weighted by atomic mass is 35.5. The van der Waals surface area contributed by atoms with E-state index in [1.54, 1.807) is 0 Å². The first-order valence-corrected chi connectivity index (χ1v) is 8.16. The van der Waals surface area contributed by atoms with Crippen molar-refractivity contribution in [3.8, 4) is 0 Å².